The first-order valence-corrected chi connectivity index (χ1v) is 10.4. The molecule has 0 atom stereocenters. The van der Waals surface area contributed by atoms with Gasteiger partial charge in [0.25, 0.3) is 0 Å². The van der Waals surface area contributed by atoms with Gasteiger partial charge in [-0.25, -0.2) is 4.98 Å². The van der Waals surface area contributed by atoms with E-state index in [1.807, 2.05) is 36.7 Å². The van der Waals surface area contributed by atoms with Crippen molar-refractivity contribution in [3.8, 4) is 5.75 Å². The Labute approximate surface area is 207 Å². The van der Waals surface area contributed by atoms with Crippen molar-refractivity contribution in [2.75, 3.05) is 27.4 Å². The number of methoxy groups -OCH3 is 1. The number of nitrogens with zero attached hydrogens (tertiary/aromatic N) is 3. The number of aryl methyl sites for hydroxylation is 1. The lowest BCUT2D eigenvalue weighted by atomic mass is 10.1. The largest absolute Gasteiger partial charge is 0.491 e. The smallest absolute Gasteiger partial charge is 0.191 e. The van der Waals surface area contributed by atoms with E-state index in [1.165, 1.54) is 5.56 Å². The van der Waals surface area contributed by atoms with Gasteiger partial charge in [-0.3, -0.25) is 4.99 Å². The van der Waals surface area contributed by atoms with Gasteiger partial charge in [0.05, 0.1) is 13.2 Å². The topological polar surface area (TPSA) is 72.7 Å². The number of ether oxygens (including phenoxy) is 2. The van der Waals surface area contributed by atoms with E-state index in [-0.39, 0.29) is 24.0 Å². The summed E-state index contributed by atoms with van der Waals surface area (Å²) in [6, 6.07) is 16.6. The van der Waals surface area contributed by atoms with Gasteiger partial charge in [0.1, 0.15) is 18.2 Å². The molecule has 2 aromatic carbocycles. The molecule has 0 aliphatic carbocycles. The van der Waals surface area contributed by atoms with Crippen LogP contribution in [0.4, 0.5) is 0 Å². The van der Waals surface area contributed by atoms with Crippen molar-refractivity contribution in [2.45, 2.75) is 26.6 Å². The quantitative estimate of drug-likeness (QED) is 0.175. The zero-order chi connectivity index (χ0) is 21.9. The molecule has 0 fully saturated rings. The summed E-state index contributed by atoms with van der Waals surface area (Å²) in [5.41, 5.74) is 3.46. The van der Waals surface area contributed by atoms with Crippen molar-refractivity contribution in [3.63, 3.8) is 0 Å². The fourth-order valence-electron chi connectivity index (χ4n) is 3.17. The Bertz CT molecular complexity index is 976. The summed E-state index contributed by atoms with van der Waals surface area (Å²) in [6.45, 7) is 5.09. The first-order chi connectivity index (χ1) is 15.2. The lowest BCUT2D eigenvalue weighted by Gasteiger charge is -2.16. The SMILES string of the molecule is CN=C(NCc1ccc(C)cc1OCCOC)NCc1nccn1Cc1ccccc1.I. The summed E-state index contributed by atoms with van der Waals surface area (Å²) in [5, 5.41) is 6.70. The Kier molecular flexibility index (Phi) is 11.0. The van der Waals surface area contributed by atoms with Crippen LogP contribution in [0, 0.1) is 6.92 Å². The molecule has 3 aromatic rings. The van der Waals surface area contributed by atoms with Crippen LogP contribution in [0.1, 0.15) is 22.5 Å². The van der Waals surface area contributed by atoms with Gasteiger partial charge in [0, 0.05) is 45.2 Å². The second kappa shape index (κ2) is 13.7. The highest BCUT2D eigenvalue weighted by Gasteiger charge is 2.08. The van der Waals surface area contributed by atoms with Crippen molar-refractivity contribution >= 4 is 29.9 Å². The van der Waals surface area contributed by atoms with Crippen LogP contribution < -0.4 is 15.4 Å². The summed E-state index contributed by atoms with van der Waals surface area (Å²) in [7, 11) is 3.43. The van der Waals surface area contributed by atoms with Crippen LogP contribution in [-0.2, 0) is 24.4 Å². The van der Waals surface area contributed by atoms with Gasteiger partial charge >= 0.3 is 0 Å². The standard InChI is InChI=1S/C24H31N5O2.HI/c1-19-9-10-21(22(15-19)31-14-13-30-3)16-27-24(25-2)28-17-23-26-11-12-29(23)18-20-7-5-4-6-8-20;/h4-12,15H,13-14,16-18H2,1-3H3,(H2,25,27,28);1H. The maximum Gasteiger partial charge on any atom is 0.191 e. The second-order valence-corrected chi connectivity index (χ2v) is 7.19. The minimum Gasteiger partial charge on any atom is -0.491 e. The molecule has 0 unspecified atom stereocenters. The van der Waals surface area contributed by atoms with E-state index in [4.69, 9.17) is 9.47 Å². The molecule has 1 aromatic heterocycles. The van der Waals surface area contributed by atoms with E-state index >= 15 is 0 Å². The van der Waals surface area contributed by atoms with Gasteiger partial charge in [-0.1, -0.05) is 42.5 Å². The molecular formula is C24H32IN5O2. The molecule has 0 amide bonds. The number of aromatic nitrogens is 2. The first-order valence-electron chi connectivity index (χ1n) is 10.4. The predicted octanol–water partition coefficient (Wildman–Crippen LogP) is 3.75. The Hall–Kier alpha value is -2.59. The summed E-state index contributed by atoms with van der Waals surface area (Å²) >= 11 is 0. The van der Waals surface area contributed by atoms with E-state index in [9.17, 15) is 0 Å². The number of hydrogen-bond donors (Lipinski definition) is 2. The van der Waals surface area contributed by atoms with Crippen LogP contribution in [-0.4, -0.2) is 42.9 Å². The van der Waals surface area contributed by atoms with E-state index in [0.29, 0.717) is 32.3 Å². The fourth-order valence-corrected chi connectivity index (χ4v) is 3.17. The molecule has 8 heteroatoms. The summed E-state index contributed by atoms with van der Waals surface area (Å²) in [6.07, 6.45) is 3.82. The van der Waals surface area contributed by atoms with Crippen molar-refractivity contribution in [1.29, 1.82) is 0 Å². The van der Waals surface area contributed by atoms with Crippen LogP contribution in [0.3, 0.4) is 0 Å². The lowest BCUT2D eigenvalue weighted by molar-refractivity contribution is 0.145. The van der Waals surface area contributed by atoms with Gasteiger partial charge in [-0.15, -0.1) is 24.0 Å². The third-order valence-electron chi connectivity index (χ3n) is 4.85. The van der Waals surface area contributed by atoms with Crippen molar-refractivity contribution < 1.29 is 9.47 Å². The number of rotatable bonds is 10. The predicted molar refractivity (Wildman–Crippen MR) is 139 cm³/mol. The molecular weight excluding hydrogens is 517 g/mol. The van der Waals surface area contributed by atoms with Gasteiger partial charge in [0.15, 0.2) is 5.96 Å². The zero-order valence-corrected chi connectivity index (χ0v) is 21.2. The second-order valence-electron chi connectivity index (χ2n) is 7.19. The third kappa shape index (κ3) is 7.83. The van der Waals surface area contributed by atoms with Crippen molar-refractivity contribution in [1.82, 2.24) is 20.2 Å². The summed E-state index contributed by atoms with van der Waals surface area (Å²) in [5.74, 6) is 2.52. The van der Waals surface area contributed by atoms with Crippen LogP contribution in [0.2, 0.25) is 0 Å². The maximum absolute atomic E-state index is 5.88. The molecule has 2 N–H and O–H groups in total. The number of halogens is 1. The molecule has 0 bridgehead atoms. The number of guanidine groups is 1. The highest BCUT2D eigenvalue weighted by atomic mass is 127. The molecule has 172 valence electrons. The van der Waals surface area contributed by atoms with E-state index < -0.39 is 0 Å². The van der Waals surface area contributed by atoms with Gasteiger partial charge < -0.3 is 24.7 Å². The minimum atomic E-state index is 0. The third-order valence-corrected chi connectivity index (χ3v) is 4.85. The molecule has 0 spiro atoms. The van der Waals surface area contributed by atoms with Gasteiger partial charge in [-0.2, -0.15) is 0 Å². The van der Waals surface area contributed by atoms with Crippen molar-refractivity contribution in [3.05, 3.63) is 83.4 Å². The van der Waals surface area contributed by atoms with Crippen LogP contribution >= 0.6 is 24.0 Å². The molecule has 0 radical (unpaired) electrons. The van der Waals surface area contributed by atoms with E-state index in [2.05, 4.69) is 56.4 Å². The van der Waals surface area contributed by atoms with E-state index in [0.717, 1.165) is 29.2 Å². The van der Waals surface area contributed by atoms with Gasteiger partial charge in [-0.05, 0) is 24.1 Å². The lowest BCUT2D eigenvalue weighted by Crippen LogP contribution is -2.37. The molecule has 1 heterocycles. The highest BCUT2D eigenvalue weighted by molar-refractivity contribution is 14.0. The number of imidazole rings is 1. The monoisotopic (exact) mass is 549 g/mol. The van der Waals surface area contributed by atoms with E-state index in [1.54, 1.807) is 14.2 Å². The Balaban J connectivity index is 0.00000363. The van der Waals surface area contributed by atoms with Crippen LogP contribution in [0.25, 0.3) is 0 Å². The van der Waals surface area contributed by atoms with Crippen molar-refractivity contribution in [2.24, 2.45) is 4.99 Å². The average Bonchev–Trinajstić information content (AvgIpc) is 3.22. The fraction of sp³-hybridized carbons (Fsp3) is 0.333. The highest BCUT2D eigenvalue weighted by Crippen LogP contribution is 2.20. The average molecular weight is 549 g/mol. The Morgan fingerprint density at radius 2 is 1.84 bits per heavy atom. The summed E-state index contributed by atoms with van der Waals surface area (Å²) in [4.78, 5) is 8.82. The molecule has 7 nitrogen and oxygen atoms in total. The zero-order valence-electron chi connectivity index (χ0n) is 18.9. The number of hydrogen-bond acceptors (Lipinski definition) is 4. The number of benzene rings is 2. The Morgan fingerprint density at radius 3 is 2.59 bits per heavy atom. The molecule has 0 saturated carbocycles. The minimum absolute atomic E-state index is 0. The van der Waals surface area contributed by atoms with Crippen LogP contribution in [0.15, 0.2) is 65.9 Å². The molecule has 0 saturated heterocycles. The molecule has 32 heavy (non-hydrogen) atoms. The summed E-state index contributed by atoms with van der Waals surface area (Å²) < 4.78 is 13.1. The van der Waals surface area contributed by atoms with Crippen LogP contribution in [0.5, 0.6) is 5.75 Å². The first kappa shape index (κ1) is 25.7. The maximum atomic E-state index is 5.88. The number of aliphatic imine (C=N–C) groups is 1. The Morgan fingerprint density at radius 1 is 1.06 bits per heavy atom. The normalized spacial score (nSPS) is 11.0. The number of nitrogens with one attached hydrogen (secondary N) is 2. The molecule has 0 aliphatic rings. The van der Waals surface area contributed by atoms with Gasteiger partial charge in [0.2, 0.25) is 0 Å². The molecule has 0 aliphatic heterocycles. The molecule has 3 rings (SSSR count).